The first-order valence-corrected chi connectivity index (χ1v) is 13.2. The normalized spacial score (nSPS) is 29.2. The van der Waals surface area contributed by atoms with Gasteiger partial charge in [-0.2, -0.15) is 26.3 Å². The number of hydrogen-bond acceptors (Lipinski definition) is 3. The van der Waals surface area contributed by atoms with E-state index in [4.69, 9.17) is 0 Å². The fourth-order valence-corrected chi connectivity index (χ4v) is 6.38. The standard InChI is InChI=1S/C25H41F6N3O/c1-3-33-11-13-34(14-12-33)22(19-7-5-4-6-8-19)23(35)32(2)10-9-18-15-20(24(26,27)28)17-21(16-18)25(29,30)31/h18-22H,3-17H2,1-2H3. The van der Waals surface area contributed by atoms with Crippen LogP contribution in [0.3, 0.4) is 0 Å². The Kier molecular flexibility index (Phi) is 9.79. The van der Waals surface area contributed by atoms with Crippen LogP contribution in [0.15, 0.2) is 0 Å². The van der Waals surface area contributed by atoms with Crippen LogP contribution in [0.1, 0.15) is 64.7 Å². The molecule has 0 spiro atoms. The summed E-state index contributed by atoms with van der Waals surface area (Å²) in [6.07, 6.45) is -5.23. The Bertz CT molecular complexity index is 649. The molecule has 204 valence electrons. The molecule has 35 heavy (non-hydrogen) atoms. The van der Waals surface area contributed by atoms with E-state index in [0.29, 0.717) is 0 Å². The van der Waals surface area contributed by atoms with E-state index in [2.05, 4.69) is 16.7 Å². The highest BCUT2D eigenvalue weighted by atomic mass is 19.4. The molecular weight excluding hydrogens is 472 g/mol. The first-order valence-electron chi connectivity index (χ1n) is 13.2. The highest BCUT2D eigenvalue weighted by molar-refractivity contribution is 5.82. The Balaban J connectivity index is 1.64. The van der Waals surface area contributed by atoms with Crippen molar-refractivity contribution in [2.45, 2.75) is 83.1 Å². The number of rotatable bonds is 7. The van der Waals surface area contributed by atoms with Crippen LogP contribution in [0.4, 0.5) is 26.3 Å². The molecule has 0 radical (unpaired) electrons. The number of alkyl halides is 6. The van der Waals surface area contributed by atoms with Crippen LogP contribution in [0.25, 0.3) is 0 Å². The summed E-state index contributed by atoms with van der Waals surface area (Å²) in [6.45, 7) is 6.68. The van der Waals surface area contributed by atoms with Gasteiger partial charge in [-0.15, -0.1) is 0 Å². The van der Waals surface area contributed by atoms with Gasteiger partial charge in [0.1, 0.15) is 0 Å². The minimum atomic E-state index is -4.63. The maximum atomic E-state index is 13.6. The quantitative estimate of drug-likeness (QED) is 0.416. The lowest BCUT2D eigenvalue weighted by Crippen LogP contribution is -2.58. The van der Waals surface area contributed by atoms with Crippen molar-refractivity contribution in [2.24, 2.45) is 23.7 Å². The summed E-state index contributed by atoms with van der Waals surface area (Å²) in [5, 5.41) is 0. The van der Waals surface area contributed by atoms with Gasteiger partial charge in [0.25, 0.3) is 0 Å². The minimum Gasteiger partial charge on any atom is -0.344 e. The smallest absolute Gasteiger partial charge is 0.344 e. The summed E-state index contributed by atoms with van der Waals surface area (Å²) >= 11 is 0. The SMILES string of the molecule is CCN1CCN(C(C(=O)N(C)CCC2CC(C(F)(F)F)CC(C(F)(F)F)C2)C2CCCCC2)CC1. The number of hydrogen-bond donors (Lipinski definition) is 0. The van der Waals surface area contributed by atoms with E-state index < -0.39 is 36.5 Å². The van der Waals surface area contributed by atoms with E-state index in [9.17, 15) is 31.1 Å². The fourth-order valence-electron chi connectivity index (χ4n) is 6.38. The average Bonchev–Trinajstić information content (AvgIpc) is 2.82. The molecule has 3 rings (SSSR count). The molecule has 0 bridgehead atoms. The molecule has 0 aromatic carbocycles. The van der Waals surface area contributed by atoms with Crippen molar-refractivity contribution in [2.75, 3.05) is 46.3 Å². The van der Waals surface area contributed by atoms with Crippen molar-refractivity contribution in [1.82, 2.24) is 14.7 Å². The molecule has 0 N–H and O–H groups in total. The average molecular weight is 514 g/mol. The number of piperazine rings is 1. The molecule has 3 unspecified atom stereocenters. The van der Waals surface area contributed by atoms with Crippen molar-refractivity contribution in [1.29, 1.82) is 0 Å². The van der Waals surface area contributed by atoms with Gasteiger partial charge in [-0.05, 0) is 56.9 Å². The zero-order valence-corrected chi connectivity index (χ0v) is 21.0. The molecule has 2 aliphatic carbocycles. The molecule has 3 aliphatic rings. The monoisotopic (exact) mass is 513 g/mol. The number of halogens is 6. The molecule has 1 aliphatic heterocycles. The van der Waals surface area contributed by atoms with E-state index in [1.807, 2.05) is 0 Å². The van der Waals surface area contributed by atoms with Gasteiger partial charge in [-0.25, -0.2) is 0 Å². The molecule has 1 amide bonds. The number of amides is 1. The Labute approximate surface area is 205 Å². The van der Waals surface area contributed by atoms with E-state index >= 15 is 0 Å². The van der Waals surface area contributed by atoms with Crippen molar-refractivity contribution in [3.63, 3.8) is 0 Å². The van der Waals surface area contributed by atoms with Crippen molar-refractivity contribution in [3.05, 3.63) is 0 Å². The largest absolute Gasteiger partial charge is 0.391 e. The summed E-state index contributed by atoms with van der Waals surface area (Å²) in [5.74, 6) is -4.33. The lowest BCUT2D eigenvalue weighted by atomic mass is 9.73. The van der Waals surface area contributed by atoms with Gasteiger partial charge >= 0.3 is 12.4 Å². The maximum Gasteiger partial charge on any atom is 0.391 e. The lowest BCUT2D eigenvalue weighted by molar-refractivity contribution is -0.229. The van der Waals surface area contributed by atoms with Crippen LogP contribution in [0.2, 0.25) is 0 Å². The van der Waals surface area contributed by atoms with E-state index in [1.54, 1.807) is 11.9 Å². The van der Waals surface area contributed by atoms with Crippen LogP contribution in [0.5, 0.6) is 0 Å². The predicted molar refractivity (Wildman–Crippen MR) is 123 cm³/mol. The molecule has 3 atom stereocenters. The Hall–Kier alpha value is -1.03. The first-order chi connectivity index (χ1) is 16.4. The molecule has 2 saturated carbocycles. The van der Waals surface area contributed by atoms with Crippen molar-refractivity contribution in [3.8, 4) is 0 Å². The number of carbonyl (C=O) groups is 1. The summed E-state index contributed by atoms with van der Waals surface area (Å²) in [6, 6.07) is -0.253. The van der Waals surface area contributed by atoms with Crippen molar-refractivity contribution < 1.29 is 31.1 Å². The second-order valence-electron chi connectivity index (χ2n) is 10.9. The Morgan fingerprint density at radius 3 is 1.91 bits per heavy atom. The zero-order chi connectivity index (χ0) is 25.8. The van der Waals surface area contributed by atoms with E-state index in [1.165, 1.54) is 6.42 Å². The third-order valence-electron chi connectivity index (χ3n) is 8.58. The first kappa shape index (κ1) is 28.5. The minimum absolute atomic E-state index is 0.0302. The summed E-state index contributed by atoms with van der Waals surface area (Å²) in [4.78, 5) is 19.8. The van der Waals surface area contributed by atoms with Crippen LogP contribution < -0.4 is 0 Å². The molecule has 1 saturated heterocycles. The molecule has 3 fully saturated rings. The van der Waals surface area contributed by atoms with Gasteiger partial charge in [0.05, 0.1) is 17.9 Å². The van der Waals surface area contributed by atoms with E-state index in [0.717, 1.165) is 58.4 Å². The Morgan fingerprint density at radius 2 is 1.43 bits per heavy atom. The highest BCUT2D eigenvalue weighted by Gasteiger charge is 2.51. The van der Waals surface area contributed by atoms with Crippen LogP contribution in [-0.2, 0) is 4.79 Å². The lowest BCUT2D eigenvalue weighted by Gasteiger charge is -2.43. The molecular formula is C25H41F6N3O. The number of carbonyl (C=O) groups excluding carboxylic acids is 1. The molecule has 0 aromatic rings. The van der Waals surface area contributed by atoms with E-state index in [-0.39, 0.29) is 43.7 Å². The molecule has 4 nitrogen and oxygen atoms in total. The van der Waals surface area contributed by atoms with Gasteiger partial charge in [-0.3, -0.25) is 9.69 Å². The predicted octanol–water partition coefficient (Wildman–Crippen LogP) is 5.58. The van der Waals surface area contributed by atoms with Crippen molar-refractivity contribution >= 4 is 5.91 Å². The van der Waals surface area contributed by atoms with Gasteiger partial charge in [0.15, 0.2) is 0 Å². The molecule has 10 heteroatoms. The van der Waals surface area contributed by atoms with Crippen LogP contribution >= 0.6 is 0 Å². The second-order valence-corrected chi connectivity index (χ2v) is 10.9. The third kappa shape index (κ3) is 7.73. The van der Waals surface area contributed by atoms with Crippen LogP contribution in [-0.4, -0.2) is 85.3 Å². The summed E-state index contributed by atoms with van der Waals surface area (Å²) in [5.41, 5.74) is 0. The van der Waals surface area contributed by atoms with Gasteiger partial charge in [-0.1, -0.05) is 26.2 Å². The zero-order valence-electron chi connectivity index (χ0n) is 21.0. The van der Waals surface area contributed by atoms with Crippen LogP contribution in [0, 0.1) is 23.7 Å². The number of nitrogens with zero attached hydrogens (tertiary/aromatic N) is 3. The maximum absolute atomic E-state index is 13.6. The number of likely N-dealkylation sites (N-methyl/N-ethyl adjacent to an activating group) is 2. The van der Waals surface area contributed by atoms with Gasteiger partial charge < -0.3 is 9.80 Å². The van der Waals surface area contributed by atoms with Gasteiger partial charge in [0.2, 0.25) is 5.91 Å². The summed E-state index contributed by atoms with van der Waals surface area (Å²) in [7, 11) is 1.66. The molecule has 1 heterocycles. The Morgan fingerprint density at radius 1 is 0.886 bits per heavy atom. The third-order valence-corrected chi connectivity index (χ3v) is 8.58. The summed E-state index contributed by atoms with van der Waals surface area (Å²) < 4.78 is 80.0. The second kappa shape index (κ2) is 12.0. The fraction of sp³-hybridized carbons (Fsp3) is 0.960. The van der Waals surface area contributed by atoms with Gasteiger partial charge in [0, 0.05) is 39.8 Å². The highest BCUT2D eigenvalue weighted by Crippen LogP contribution is 2.48. The topological polar surface area (TPSA) is 26.8 Å². The molecule has 0 aromatic heterocycles.